The van der Waals surface area contributed by atoms with Gasteiger partial charge in [-0.05, 0) is 31.2 Å². The number of aliphatic hydroxyl groups is 1. The van der Waals surface area contributed by atoms with Crippen molar-refractivity contribution in [2.24, 2.45) is 0 Å². The van der Waals surface area contributed by atoms with Crippen LogP contribution in [0.4, 0.5) is 0 Å². The van der Waals surface area contributed by atoms with Crippen LogP contribution >= 0.6 is 0 Å². The molecule has 86 valence electrons. The molecule has 1 rings (SSSR count). The lowest BCUT2D eigenvalue weighted by Gasteiger charge is -2.10. The zero-order chi connectivity index (χ0) is 11.8. The smallest absolute Gasteiger partial charge is 0.129 e. The molecule has 2 N–H and O–H groups in total. The average Bonchev–Trinajstić information content (AvgIpc) is 2.33. The molecule has 0 saturated carbocycles. The molecule has 4 heteroatoms. The van der Waals surface area contributed by atoms with Gasteiger partial charge in [0, 0.05) is 6.61 Å². The first-order valence-corrected chi connectivity index (χ1v) is 5.19. The molecule has 0 heterocycles. The zero-order valence-electron chi connectivity index (χ0n) is 9.31. The lowest BCUT2D eigenvalue weighted by atomic mass is 10.1. The Bertz CT molecular complexity index is 343. The first-order chi connectivity index (χ1) is 7.80. The van der Waals surface area contributed by atoms with Crippen molar-refractivity contribution >= 4 is 0 Å². The maximum absolute atomic E-state index is 8.75. The lowest BCUT2D eigenvalue weighted by molar-refractivity contribution is 0.293. The molecule has 0 aliphatic carbocycles. The van der Waals surface area contributed by atoms with E-state index in [1.807, 2.05) is 24.3 Å². The van der Waals surface area contributed by atoms with Crippen LogP contribution in [-0.4, -0.2) is 31.4 Å². The molecule has 0 radical (unpaired) electrons. The van der Waals surface area contributed by atoms with Crippen molar-refractivity contribution in [1.82, 2.24) is 5.32 Å². The van der Waals surface area contributed by atoms with Crippen molar-refractivity contribution in [2.45, 2.75) is 12.5 Å². The van der Waals surface area contributed by atoms with Crippen LogP contribution in [0.1, 0.15) is 5.56 Å². The Kier molecular flexibility index (Phi) is 5.34. The third kappa shape index (κ3) is 3.89. The van der Waals surface area contributed by atoms with E-state index < -0.39 is 0 Å². The summed E-state index contributed by atoms with van der Waals surface area (Å²) in [6.07, 6.45) is 0.650. The van der Waals surface area contributed by atoms with Crippen molar-refractivity contribution in [1.29, 1.82) is 5.26 Å². The van der Waals surface area contributed by atoms with E-state index in [1.54, 1.807) is 7.05 Å². The third-order valence-corrected chi connectivity index (χ3v) is 2.24. The van der Waals surface area contributed by atoms with Crippen molar-refractivity contribution in [2.75, 3.05) is 20.3 Å². The summed E-state index contributed by atoms with van der Waals surface area (Å²) in [4.78, 5) is 0. The van der Waals surface area contributed by atoms with Gasteiger partial charge in [-0.25, -0.2) is 0 Å². The maximum Gasteiger partial charge on any atom is 0.129 e. The van der Waals surface area contributed by atoms with Gasteiger partial charge >= 0.3 is 0 Å². The third-order valence-electron chi connectivity index (χ3n) is 2.24. The highest BCUT2D eigenvalue weighted by Gasteiger charge is 2.04. The molecular weight excluding hydrogens is 204 g/mol. The quantitative estimate of drug-likeness (QED) is 0.741. The van der Waals surface area contributed by atoms with Crippen LogP contribution < -0.4 is 10.1 Å². The van der Waals surface area contributed by atoms with Gasteiger partial charge in [0.05, 0.1) is 6.07 Å². The SMILES string of the molecule is CNC(C#N)COc1ccc(CCO)cc1. The lowest BCUT2D eigenvalue weighted by Crippen LogP contribution is -2.29. The van der Waals surface area contributed by atoms with Gasteiger partial charge in [0.1, 0.15) is 18.4 Å². The monoisotopic (exact) mass is 220 g/mol. The number of hydrogen-bond donors (Lipinski definition) is 2. The van der Waals surface area contributed by atoms with Crippen LogP contribution in [0.3, 0.4) is 0 Å². The molecule has 0 amide bonds. The highest BCUT2D eigenvalue weighted by Crippen LogP contribution is 2.12. The van der Waals surface area contributed by atoms with Crippen LogP contribution in [0.25, 0.3) is 0 Å². The summed E-state index contributed by atoms with van der Waals surface area (Å²) in [6, 6.07) is 9.29. The highest BCUT2D eigenvalue weighted by atomic mass is 16.5. The van der Waals surface area contributed by atoms with E-state index in [-0.39, 0.29) is 12.6 Å². The minimum atomic E-state index is -0.294. The molecule has 0 aromatic heterocycles. The Balaban J connectivity index is 2.46. The van der Waals surface area contributed by atoms with E-state index in [0.29, 0.717) is 13.0 Å². The normalized spacial score (nSPS) is 11.8. The predicted molar refractivity (Wildman–Crippen MR) is 61.2 cm³/mol. The zero-order valence-corrected chi connectivity index (χ0v) is 9.31. The summed E-state index contributed by atoms with van der Waals surface area (Å²) in [6.45, 7) is 0.475. The minimum absolute atomic E-state index is 0.149. The molecule has 1 aromatic rings. The number of nitrogens with one attached hydrogen (secondary N) is 1. The first kappa shape index (κ1) is 12.5. The Morgan fingerprint density at radius 1 is 1.44 bits per heavy atom. The fraction of sp³-hybridized carbons (Fsp3) is 0.417. The Labute approximate surface area is 95.5 Å². The second-order valence-corrected chi connectivity index (χ2v) is 3.40. The molecule has 1 atom stereocenters. The standard InChI is InChI=1S/C12H16N2O2/c1-14-11(8-13)9-16-12-4-2-10(3-5-12)6-7-15/h2-5,11,14-15H,6-7,9H2,1H3. The van der Waals surface area contributed by atoms with E-state index in [1.165, 1.54) is 0 Å². The number of rotatable bonds is 6. The molecule has 4 nitrogen and oxygen atoms in total. The maximum atomic E-state index is 8.75. The largest absolute Gasteiger partial charge is 0.491 e. The predicted octanol–water partition coefficient (Wildman–Crippen LogP) is 0.712. The molecule has 0 spiro atoms. The van der Waals surface area contributed by atoms with Gasteiger partial charge in [0.15, 0.2) is 0 Å². The molecule has 0 fully saturated rings. The molecule has 0 aliphatic heterocycles. The number of nitrogens with zero attached hydrogens (tertiary/aromatic N) is 1. The van der Waals surface area contributed by atoms with Gasteiger partial charge < -0.3 is 15.2 Å². The van der Waals surface area contributed by atoms with Crippen LogP contribution in [0.5, 0.6) is 5.75 Å². The van der Waals surface area contributed by atoms with E-state index in [0.717, 1.165) is 11.3 Å². The van der Waals surface area contributed by atoms with Gasteiger partial charge in [0.25, 0.3) is 0 Å². The van der Waals surface area contributed by atoms with Crippen molar-refractivity contribution in [3.8, 4) is 11.8 Å². The fourth-order valence-electron chi connectivity index (χ4n) is 1.25. The van der Waals surface area contributed by atoms with Crippen LogP contribution in [0.15, 0.2) is 24.3 Å². The summed E-state index contributed by atoms with van der Waals surface area (Å²) in [7, 11) is 1.72. The van der Waals surface area contributed by atoms with Crippen LogP contribution in [0.2, 0.25) is 0 Å². The highest BCUT2D eigenvalue weighted by molar-refractivity contribution is 5.27. The van der Waals surface area contributed by atoms with Gasteiger partial charge in [-0.1, -0.05) is 12.1 Å². The molecule has 16 heavy (non-hydrogen) atoms. The number of benzene rings is 1. The first-order valence-electron chi connectivity index (χ1n) is 5.19. The Hall–Kier alpha value is -1.57. The number of aliphatic hydroxyl groups excluding tert-OH is 1. The number of nitriles is 1. The second-order valence-electron chi connectivity index (χ2n) is 3.40. The summed E-state index contributed by atoms with van der Waals surface area (Å²) in [5.41, 5.74) is 1.07. The van der Waals surface area contributed by atoms with Gasteiger partial charge in [-0.3, -0.25) is 0 Å². The Morgan fingerprint density at radius 2 is 2.12 bits per heavy atom. The molecule has 1 aromatic carbocycles. The number of hydrogen-bond acceptors (Lipinski definition) is 4. The molecular formula is C12H16N2O2. The second kappa shape index (κ2) is 6.83. The van der Waals surface area contributed by atoms with Crippen molar-refractivity contribution in [3.05, 3.63) is 29.8 Å². The Morgan fingerprint density at radius 3 is 2.62 bits per heavy atom. The van der Waals surface area contributed by atoms with E-state index in [2.05, 4.69) is 11.4 Å². The van der Waals surface area contributed by atoms with Gasteiger partial charge in [-0.2, -0.15) is 5.26 Å². The molecule has 0 aliphatic rings. The van der Waals surface area contributed by atoms with Crippen LogP contribution in [0, 0.1) is 11.3 Å². The van der Waals surface area contributed by atoms with Crippen LogP contribution in [-0.2, 0) is 6.42 Å². The number of likely N-dealkylation sites (N-methyl/N-ethyl adjacent to an activating group) is 1. The summed E-state index contributed by atoms with van der Waals surface area (Å²) in [5, 5.41) is 20.3. The average molecular weight is 220 g/mol. The fourth-order valence-corrected chi connectivity index (χ4v) is 1.25. The van der Waals surface area contributed by atoms with E-state index in [4.69, 9.17) is 15.1 Å². The van der Waals surface area contributed by atoms with E-state index >= 15 is 0 Å². The van der Waals surface area contributed by atoms with Gasteiger partial charge in [0.2, 0.25) is 0 Å². The summed E-state index contributed by atoms with van der Waals surface area (Å²) >= 11 is 0. The minimum Gasteiger partial charge on any atom is -0.491 e. The van der Waals surface area contributed by atoms with Crippen molar-refractivity contribution in [3.63, 3.8) is 0 Å². The topological polar surface area (TPSA) is 65.3 Å². The van der Waals surface area contributed by atoms with Gasteiger partial charge in [-0.15, -0.1) is 0 Å². The van der Waals surface area contributed by atoms with E-state index in [9.17, 15) is 0 Å². The molecule has 1 unspecified atom stereocenters. The van der Waals surface area contributed by atoms with Crippen molar-refractivity contribution < 1.29 is 9.84 Å². The number of ether oxygens (including phenoxy) is 1. The summed E-state index contributed by atoms with van der Waals surface area (Å²) < 4.78 is 5.44. The molecule has 0 saturated heterocycles. The molecule has 0 bridgehead atoms. The summed E-state index contributed by atoms with van der Waals surface area (Å²) in [5.74, 6) is 0.734.